The lowest BCUT2D eigenvalue weighted by Crippen LogP contribution is -2.20. The summed E-state index contributed by atoms with van der Waals surface area (Å²) >= 11 is 1.95. The van der Waals surface area contributed by atoms with Gasteiger partial charge in [-0.05, 0) is 152 Å². The van der Waals surface area contributed by atoms with E-state index in [2.05, 4.69) is 215 Å². The van der Waals surface area contributed by atoms with Gasteiger partial charge in [0.1, 0.15) is 0 Å². The quantitative estimate of drug-likeness (QED) is 0.152. The Morgan fingerprint density at radius 2 is 1.32 bits per heavy atom. The highest BCUT2D eigenvalue weighted by molar-refractivity contribution is 7.26. The molecule has 0 amide bonds. The summed E-state index contributed by atoms with van der Waals surface area (Å²) in [5, 5.41) is 6.58. The van der Waals surface area contributed by atoms with Crippen LogP contribution < -0.4 is 5.32 Å². The smallest absolute Gasteiger partial charge is 0.0470 e. The first-order valence-electron chi connectivity index (χ1n) is 24.1. The molecular formula is C64H55NS. The normalized spacial score (nSPS) is 16.8. The molecule has 0 radical (unpaired) electrons. The maximum atomic E-state index is 3.85. The molecule has 1 heterocycles. The Morgan fingerprint density at radius 3 is 2.18 bits per heavy atom. The van der Waals surface area contributed by atoms with Crippen LogP contribution in [0.3, 0.4) is 0 Å². The van der Waals surface area contributed by atoms with Crippen molar-refractivity contribution in [3.05, 3.63) is 221 Å². The second-order valence-corrected chi connectivity index (χ2v) is 20.5. The van der Waals surface area contributed by atoms with Gasteiger partial charge in [-0.3, -0.25) is 0 Å². The summed E-state index contributed by atoms with van der Waals surface area (Å²) in [6.45, 7) is 9.57. The van der Waals surface area contributed by atoms with Crippen LogP contribution in [0.4, 0.5) is 11.4 Å². The molecule has 1 N–H and O–H groups in total. The van der Waals surface area contributed by atoms with Crippen molar-refractivity contribution in [3.8, 4) is 44.5 Å². The van der Waals surface area contributed by atoms with Crippen LogP contribution in [0.25, 0.3) is 70.3 Å². The van der Waals surface area contributed by atoms with Crippen LogP contribution in [-0.4, -0.2) is 0 Å². The number of rotatable bonds is 9. The van der Waals surface area contributed by atoms with Gasteiger partial charge < -0.3 is 5.32 Å². The van der Waals surface area contributed by atoms with Gasteiger partial charge in [0.15, 0.2) is 0 Å². The monoisotopic (exact) mass is 869 g/mol. The third-order valence-electron chi connectivity index (χ3n) is 15.2. The SMILES string of the molecule is CCCCc1ccccc1-c1ccc(-c2ccc3c(c2)C(C)C(c2cc(-c4ccc5c(c4)C(C)(C)c4ccccc4-5)c4sc5ccccc5c4c2)C2=C3C=CCC2)cc1Nc1ccccc1. The summed E-state index contributed by atoms with van der Waals surface area (Å²) in [4.78, 5) is 0. The Balaban J connectivity index is 0.994. The molecule has 0 saturated carbocycles. The van der Waals surface area contributed by atoms with Crippen LogP contribution in [0.15, 0.2) is 188 Å². The Bertz CT molecular complexity index is 3430. The Hall–Kier alpha value is -6.74. The van der Waals surface area contributed by atoms with Crippen molar-refractivity contribution in [2.45, 2.75) is 77.0 Å². The lowest BCUT2D eigenvalue weighted by molar-refractivity contribution is 0.612. The third-order valence-corrected chi connectivity index (χ3v) is 16.4. The minimum absolute atomic E-state index is 0.0654. The summed E-state index contributed by atoms with van der Waals surface area (Å²) in [5.41, 5.74) is 24.1. The predicted molar refractivity (Wildman–Crippen MR) is 284 cm³/mol. The molecule has 2 atom stereocenters. The summed E-state index contributed by atoms with van der Waals surface area (Å²) < 4.78 is 2.73. The maximum Gasteiger partial charge on any atom is 0.0470 e. The molecule has 2 heteroatoms. The van der Waals surface area contributed by atoms with Crippen LogP contribution >= 0.6 is 11.3 Å². The number of aryl methyl sites for hydroxylation is 1. The molecule has 8 aromatic carbocycles. The molecule has 1 nitrogen and oxygen atoms in total. The van der Waals surface area contributed by atoms with Crippen LogP contribution in [0.1, 0.15) is 98.6 Å². The predicted octanol–water partition coefficient (Wildman–Crippen LogP) is 18.5. The summed E-state index contributed by atoms with van der Waals surface area (Å²) in [7, 11) is 0. The number of anilines is 2. The lowest BCUT2D eigenvalue weighted by Gasteiger charge is -2.37. The number of fused-ring (bicyclic) bond motifs is 8. The Kier molecular flexibility index (Phi) is 10.1. The van der Waals surface area contributed by atoms with E-state index in [9.17, 15) is 0 Å². The van der Waals surface area contributed by atoms with Crippen molar-refractivity contribution >= 4 is 48.5 Å². The zero-order valence-electron chi connectivity index (χ0n) is 38.4. The van der Waals surface area contributed by atoms with Gasteiger partial charge in [0.05, 0.1) is 0 Å². The molecule has 3 aliphatic carbocycles. The number of allylic oxidation sites excluding steroid dienone is 4. The number of hydrogen-bond donors (Lipinski definition) is 1. The van der Waals surface area contributed by atoms with Crippen LogP contribution in [-0.2, 0) is 11.8 Å². The largest absolute Gasteiger partial charge is 0.355 e. The molecular weight excluding hydrogens is 815 g/mol. The average Bonchev–Trinajstić information content (AvgIpc) is 3.85. The van der Waals surface area contributed by atoms with Gasteiger partial charge in [-0.1, -0.05) is 179 Å². The topological polar surface area (TPSA) is 12.0 Å². The minimum Gasteiger partial charge on any atom is -0.355 e. The molecule has 0 aliphatic heterocycles. The van der Waals surface area contributed by atoms with E-state index < -0.39 is 0 Å². The summed E-state index contributed by atoms with van der Waals surface area (Å²) in [6, 6.07) is 64.5. The maximum absolute atomic E-state index is 3.85. The highest BCUT2D eigenvalue weighted by Gasteiger charge is 2.37. The van der Waals surface area contributed by atoms with Crippen molar-refractivity contribution in [2.75, 3.05) is 5.32 Å². The molecule has 2 unspecified atom stereocenters. The zero-order valence-corrected chi connectivity index (χ0v) is 39.2. The number of nitrogens with one attached hydrogen (secondary N) is 1. The molecule has 0 saturated heterocycles. The second kappa shape index (κ2) is 16.3. The van der Waals surface area contributed by atoms with E-state index in [-0.39, 0.29) is 17.3 Å². The van der Waals surface area contributed by atoms with E-state index in [0.717, 1.165) is 30.6 Å². The van der Waals surface area contributed by atoms with Gasteiger partial charge in [-0.2, -0.15) is 0 Å². The van der Waals surface area contributed by atoms with E-state index in [1.807, 2.05) is 11.3 Å². The number of unbranched alkanes of at least 4 members (excludes halogenated alkanes) is 1. The van der Waals surface area contributed by atoms with E-state index in [1.54, 1.807) is 5.57 Å². The van der Waals surface area contributed by atoms with Crippen molar-refractivity contribution in [3.63, 3.8) is 0 Å². The highest BCUT2D eigenvalue weighted by atomic mass is 32.1. The van der Waals surface area contributed by atoms with E-state index >= 15 is 0 Å². The van der Waals surface area contributed by atoms with Crippen LogP contribution in [0, 0.1) is 0 Å². The number of thiophene rings is 1. The minimum atomic E-state index is -0.0654. The summed E-state index contributed by atoms with van der Waals surface area (Å²) in [6.07, 6.45) is 10.4. The second-order valence-electron chi connectivity index (χ2n) is 19.4. The molecule has 12 rings (SSSR count). The molecule has 0 bridgehead atoms. The van der Waals surface area contributed by atoms with Crippen molar-refractivity contribution < 1.29 is 0 Å². The third kappa shape index (κ3) is 6.72. The fraction of sp³-hybridized carbons (Fsp3) is 0.188. The van der Waals surface area contributed by atoms with Gasteiger partial charge >= 0.3 is 0 Å². The van der Waals surface area contributed by atoms with Crippen molar-refractivity contribution in [2.24, 2.45) is 0 Å². The Labute approximate surface area is 394 Å². The molecule has 0 spiro atoms. The average molecular weight is 870 g/mol. The van der Waals surface area contributed by atoms with Crippen LogP contribution in [0.5, 0.6) is 0 Å². The molecule has 1 aromatic heterocycles. The molecule has 322 valence electrons. The number of hydrogen-bond acceptors (Lipinski definition) is 2. The Morgan fingerprint density at radius 1 is 0.606 bits per heavy atom. The molecule has 0 fully saturated rings. The van der Waals surface area contributed by atoms with Crippen molar-refractivity contribution in [1.82, 2.24) is 0 Å². The van der Waals surface area contributed by atoms with E-state index in [4.69, 9.17) is 0 Å². The van der Waals surface area contributed by atoms with Gasteiger partial charge in [0, 0.05) is 48.4 Å². The molecule has 66 heavy (non-hydrogen) atoms. The molecule has 9 aromatic rings. The first-order chi connectivity index (χ1) is 32.4. The standard InChI is InChI=1S/C64H55NS/c1-5-6-18-41-19-10-11-22-47(41)52-34-30-43(39-60(52)65-46-20-8-7-9-21-46)42-29-32-49-48-23-12-13-26-54(48)62(40(2)55(49)35-42)45-36-56(63-57(37-45)53-25-15-17-28-61(53)66-63)44-31-33-51-50-24-14-16-27-58(50)64(3,4)59(51)38-44/h7-12,14-17,19-25,27-40,62,65H,5-6,13,18,26H2,1-4H3. The zero-order chi connectivity index (χ0) is 44.5. The lowest BCUT2D eigenvalue weighted by atomic mass is 9.66. The van der Waals surface area contributed by atoms with Crippen LogP contribution in [0.2, 0.25) is 0 Å². The fourth-order valence-electron chi connectivity index (χ4n) is 11.8. The first-order valence-corrected chi connectivity index (χ1v) is 25.0. The van der Waals surface area contributed by atoms with Gasteiger partial charge in [-0.25, -0.2) is 0 Å². The summed E-state index contributed by atoms with van der Waals surface area (Å²) in [5.74, 6) is 0.530. The van der Waals surface area contributed by atoms with Gasteiger partial charge in [0.25, 0.3) is 0 Å². The van der Waals surface area contributed by atoms with E-state index in [1.165, 1.54) is 116 Å². The fourth-order valence-corrected chi connectivity index (χ4v) is 13.0. The highest BCUT2D eigenvalue weighted by Crippen LogP contribution is 2.55. The van der Waals surface area contributed by atoms with Gasteiger partial charge in [0.2, 0.25) is 0 Å². The number of benzene rings is 8. The van der Waals surface area contributed by atoms with Gasteiger partial charge in [-0.15, -0.1) is 11.3 Å². The molecule has 3 aliphatic rings. The first kappa shape index (κ1) is 40.7. The van der Waals surface area contributed by atoms with E-state index in [0.29, 0.717) is 0 Å². The van der Waals surface area contributed by atoms with Crippen molar-refractivity contribution in [1.29, 1.82) is 0 Å². The number of para-hydroxylation sites is 1.